The van der Waals surface area contributed by atoms with E-state index in [0.717, 1.165) is 14.3 Å². The van der Waals surface area contributed by atoms with E-state index in [1.54, 1.807) is 23.1 Å². The van der Waals surface area contributed by atoms with Gasteiger partial charge in [-0.05, 0) is 18.4 Å². The molecule has 0 spiro atoms. The van der Waals surface area contributed by atoms with Crippen LogP contribution in [0.25, 0.3) is 10.8 Å². The Bertz CT molecular complexity index is 678. The molecule has 0 bridgehead atoms. The smallest absolute Gasteiger partial charge is 0.257 e. The maximum atomic E-state index is 5.70. The number of nitrogens with one attached hydrogen (secondary N) is 1. The predicted octanol–water partition coefficient (Wildman–Crippen LogP) is 3.54. The molecule has 104 valence electrons. The van der Waals surface area contributed by atoms with E-state index in [2.05, 4.69) is 25.7 Å². The summed E-state index contributed by atoms with van der Waals surface area (Å²) in [4.78, 5) is 0.981. The number of nitrogens with zero attached hydrogens (tertiary/aromatic N) is 4. The molecule has 3 heterocycles. The van der Waals surface area contributed by atoms with Crippen LogP contribution >= 0.6 is 34.4 Å². The van der Waals surface area contributed by atoms with Gasteiger partial charge in [-0.1, -0.05) is 29.2 Å². The van der Waals surface area contributed by atoms with Gasteiger partial charge in [-0.2, -0.15) is 0 Å². The van der Waals surface area contributed by atoms with E-state index >= 15 is 0 Å². The predicted molar refractivity (Wildman–Crippen MR) is 81.3 cm³/mol. The van der Waals surface area contributed by atoms with E-state index < -0.39 is 0 Å². The Kier molecular flexibility index (Phi) is 3.99. The van der Waals surface area contributed by atoms with E-state index in [0.29, 0.717) is 11.8 Å². The van der Waals surface area contributed by atoms with Crippen LogP contribution in [-0.2, 0) is 0 Å². The van der Waals surface area contributed by atoms with E-state index in [1.807, 2.05) is 31.5 Å². The summed E-state index contributed by atoms with van der Waals surface area (Å²) in [6, 6.07) is 3.92. The van der Waals surface area contributed by atoms with Crippen LogP contribution in [0.5, 0.6) is 0 Å². The first kappa shape index (κ1) is 13.5. The molecule has 0 fully saturated rings. The zero-order valence-corrected chi connectivity index (χ0v) is 13.2. The van der Waals surface area contributed by atoms with Gasteiger partial charge in [-0.25, -0.2) is 0 Å². The Morgan fingerprint density at radius 1 is 1.30 bits per heavy atom. The summed E-state index contributed by atoms with van der Waals surface area (Å²) in [6.45, 7) is 2.01. The van der Waals surface area contributed by atoms with Crippen molar-refractivity contribution in [3.63, 3.8) is 0 Å². The van der Waals surface area contributed by atoms with Crippen molar-refractivity contribution in [2.24, 2.45) is 0 Å². The third-order valence-electron chi connectivity index (χ3n) is 2.42. The Morgan fingerprint density at radius 3 is 2.90 bits per heavy atom. The lowest BCUT2D eigenvalue weighted by molar-refractivity contribution is 0.510. The second-order valence-electron chi connectivity index (χ2n) is 3.81. The molecule has 0 aliphatic carbocycles. The highest BCUT2D eigenvalue weighted by Crippen LogP contribution is 2.37. The van der Waals surface area contributed by atoms with E-state index in [4.69, 9.17) is 4.42 Å². The van der Waals surface area contributed by atoms with Crippen LogP contribution in [0.1, 0.15) is 18.1 Å². The summed E-state index contributed by atoms with van der Waals surface area (Å²) in [5.41, 5.74) is 0. The molecule has 6 nitrogen and oxygen atoms in total. The molecule has 1 N–H and O–H groups in total. The number of thiophene rings is 1. The van der Waals surface area contributed by atoms with Gasteiger partial charge >= 0.3 is 0 Å². The standard InChI is InChI=1S/C11H11N5OS3/c1-6(19-11-16-15-10(12-2)20-11)8-13-14-9(17-8)7-4-3-5-18-7/h3-6H,1-2H3,(H,12,15)/t6-/m1/s1. The van der Waals surface area contributed by atoms with E-state index in [9.17, 15) is 0 Å². The van der Waals surface area contributed by atoms with Crippen molar-refractivity contribution in [2.45, 2.75) is 16.5 Å². The van der Waals surface area contributed by atoms with Gasteiger partial charge in [0.05, 0.1) is 10.1 Å². The lowest BCUT2D eigenvalue weighted by atomic mass is 10.5. The fourth-order valence-electron chi connectivity index (χ4n) is 1.46. The number of hydrogen-bond donors (Lipinski definition) is 1. The highest BCUT2D eigenvalue weighted by molar-refractivity contribution is 8.01. The average Bonchev–Trinajstić information content (AvgIpc) is 3.19. The first-order valence-corrected chi connectivity index (χ1v) is 8.39. The number of anilines is 1. The van der Waals surface area contributed by atoms with Crippen molar-refractivity contribution < 1.29 is 4.42 Å². The highest BCUT2D eigenvalue weighted by atomic mass is 32.2. The molecule has 0 radical (unpaired) electrons. The summed E-state index contributed by atoms with van der Waals surface area (Å²) in [7, 11) is 1.82. The molecule has 20 heavy (non-hydrogen) atoms. The third kappa shape index (κ3) is 2.84. The number of rotatable bonds is 5. The summed E-state index contributed by atoms with van der Waals surface area (Å²) >= 11 is 4.64. The first-order valence-electron chi connectivity index (χ1n) is 5.81. The van der Waals surface area contributed by atoms with Gasteiger partial charge in [0.2, 0.25) is 11.0 Å². The van der Waals surface area contributed by atoms with Crippen molar-refractivity contribution in [3.05, 3.63) is 23.4 Å². The van der Waals surface area contributed by atoms with Crippen LogP contribution in [0.4, 0.5) is 5.13 Å². The SMILES string of the molecule is CNc1nnc(S[C@H](C)c2nnc(-c3cccs3)o2)s1. The Morgan fingerprint density at radius 2 is 2.20 bits per heavy atom. The molecule has 0 saturated carbocycles. The molecule has 0 aliphatic rings. The van der Waals surface area contributed by atoms with Gasteiger partial charge in [0.25, 0.3) is 5.89 Å². The van der Waals surface area contributed by atoms with Gasteiger partial charge in [0.15, 0.2) is 4.34 Å². The topological polar surface area (TPSA) is 76.7 Å². The Labute approximate surface area is 127 Å². The molecular formula is C11H11N5OS3. The maximum absolute atomic E-state index is 5.70. The summed E-state index contributed by atoms with van der Waals surface area (Å²) in [5.74, 6) is 1.16. The minimum absolute atomic E-state index is 0.0360. The van der Waals surface area contributed by atoms with Gasteiger partial charge < -0.3 is 9.73 Å². The van der Waals surface area contributed by atoms with Crippen molar-refractivity contribution in [1.82, 2.24) is 20.4 Å². The zero-order valence-electron chi connectivity index (χ0n) is 10.7. The molecule has 0 aliphatic heterocycles. The molecule has 3 aromatic heterocycles. The minimum atomic E-state index is 0.0360. The monoisotopic (exact) mass is 325 g/mol. The molecule has 0 saturated heterocycles. The van der Waals surface area contributed by atoms with Gasteiger partial charge in [-0.3, -0.25) is 0 Å². The number of aromatic nitrogens is 4. The summed E-state index contributed by atoms with van der Waals surface area (Å²) in [6.07, 6.45) is 0. The average molecular weight is 325 g/mol. The van der Waals surface area contributed by atoms with Crippen molar-refractivity contribution in [3.8, 4) is 10.8 Å². The second-order valence-corrected chi connectivity index (χ2v) is 7.32. The molecule has 3 aromatic rings. The van der Waals surface area contributed by atoms with Gasteiger partial charge in [-0.15, -0.1) is 31.7 Å². The number of thioether (sulfide) groups is 1. The van der Waals surface area contributed by atoms with Crippen molar-refractivity contribution >= 4 is 39.6 Å². The fourth-order valence-corrected chi connectivity index (χ4v) is 3.98. The van der Waals surface area contributed by atoms with Crippen LogP contribution in [0, 0.1) is 0 Å². The Balaban J connectivity index is 1.72. The summed E-state index contributed by atoms with van der Waals surface area (Å²) < 4.78 is 6.58. The zero-order chi connectivity index (χ0) is 13.9. The highest BCUT2D eigenvalue weighted by Gasteiger charge is 2.18. The lowest BCUT2D eigenvalue weighted by Gasteiger charge is -2.01. The molecule has 1 atom stereocenters. The van der Waals surface area contributed by atoms with Crippen molar-refractivity contribution in [1.29, 1.82) is 0 Å². The largest absolute Gasteiger partial charge is 0.419 e. The van der Waals surface area contributed by atoms with Gasteiger partial charge in [0, 0.05) is 7.05 Å². The van der Waals surface area contributed by atoms with E-state index in [1.165, 1.54) is 11.3 Å². The van der Waals surface area contributed by atoms with Crippen LogP contribution in [0.3, 0.4) is 0 Å². The van der Waals surface area contributed by atoms with Crippen LogP contribution in [-0.4, -0.2) is 27.4 Å². The fraction of sp³-hybridized carbons (Fsp3) is 0.273. The lowest BCUT2D eigenvalue weighted by Crippen LogP contribution is -1.88. The quantitative estimate of drug-likeness (QED) is 0.719. The summed E-state index contributed by atoms with van der Waals surface area (Å²) in [5, 5.41) is 22.1. The van der Waals surface area contributed by atoms with Crippen LogP contribution in [0.2, 0.25) is 0 Å². The van der Waals surface area contributed by atoms with Crippen molar-refractivity contribution in [2.75, 3.05) is 12.4 Å². The molecule has 3 rings (SSSR count). The first-order chi connectivity index (χ1) is 9.76. The normalized spacial score (nSPS) is 12.5. The molecule has 0 aromatic carbocycles. The maximum Gasteiger partial charge on any atom is 0.257 e. The van der Waals surface area contributed by atoms with E-state index in [-0.39, 0.29) is 5.25 Å². The molecule has 0 unspecified atom stereocenters. The third-order valence-corrected chi connectivity index (χ3v) is 5.39. The molecular weight excluding hydrogens is 314 g/mol. The second kappa shape index (κ2) is 5.90. The minimum Gasteiger partial charge on any atom is -0.419 e. The molecule has 9 heteroatoms. The van der Waals surface area contributed by atoms with Crippen LogP contribution in [0.15, 0.2) is 26.3 Å². The number of hydrogen-bond acceptors (Lipinski definition) is 9. The van der Waals surface area contributed by atoms with Crippen LogP contribution < -0.4 is 5.32 Å². The van der Waals surface area contributed by atoms with Gasteiger partial charge in [0.1, 0.15) is 0 Å². The molecule has 0 amide bonds. The Hall–Kier alpha value is -1.45.